The maximum absolute atomic E-state index is 12.5. The molecule has 3 rings (SSSR count). The van der Waals surface area contributed by atoms with Crippen LogP contribution in [0.1, 0.15) is 32.4 Å². The number of rotatable bonds is 3. The largest absolute Gasteiger partial charge is 2.00 e. The molecule has 10 radical (unpaired) electrons. The summed E-state index contributed by atoms with van der Waals surface area (Å²) in [4.78, 5) is 0. The van der Waals surface area contributed by atoms with E-state index in [-0.39, 0.29) is 21.8 Å². The van der Waals surface area contributed by atoms with Crippen molar-refractivity contribution in [2.75, 3.05) is 0 Å². The molecule has 1 aromatic carbocycles. The van der Waals surface area contributed by atoms with Gasteiger partial charge in [-0.25, -0.2) is 0 Å². The second-order valence-electron chi connectivity index (χ2n) is 6.50. The van der Waals surface area contributed by atoms with Crippen LogP contribution < -0.4 is 0 Å². The molecular formula is C21H24FeO2S+2. The Morgan fingerprint density at radius 3 is 1.88 bits per heavy atom. The molecule has 1 N–H and O–H groups in total. The first-order valence-electron chi connectivity index (χ1n) is 7.98. The van der Waals surface area contributed by atoms with Crippen molar-refractivity contribution in [3.8, 4) is 0 Å². The van der Waals surface area contributed by atoms with Gasteiger partial charge in [0.05, 0.1) is 11.4 Å². The summed E-state index contributed by atoms with van der Waals surface area (Å²) >= 11 is 0. The Morgan fingerprint density at radius 2 is 1.40 bits per heavy atom. The molecule has 0 aromatic heterocycles. The molecule has 0 aliphatic heterocycles. The summed E-state index contributed by atoms with van der Waals surface area (Å²) < 4.78 is 12.2. The van der Waals surface area contributed by atoms with Crippen molar-refractivity contribution in [3.63, 3.8) is 0 Å². The minimum atomic E-state index is -1.14. The van der Waals surface area contributed by atoms with Gasteiger partial charge in [0.1, 0.15) is 0 Å². The summed E-state index contributed by atoms with van der Waals surface area (Å²) in [6, 6.07) is 9.45. The Labute approximate surface area is 167 Å². The topological polar surface area (TPSA) is 37.3 Å². The summed E-state index contributed by atoms with van der Waals surface area (Å²) in [5, 5.41) is 11.2. The normalized spacial score (nSPS) is 21.1. The van der Waals surface area contributed by atoms with Crippen molar-refractivity contribution < 1.29 is 26.4 Å². The van der Waals surface area contributed by atoms with Crippen LogP contribution in [-0.4, -0.2) is 14.1 Å². The summed E-state index contributed by atoms with van der Waals surface area (Å²) in [5.74, 6) is 0.736. The number of aliphatic hydroxyl groups is 1. The van der Waals surface area contributed by atoms with Gasteiger partial charge < -0.3 is 5.11 Å². The van der Waals surface area contributed by atoms with Crippen molar-refractivity contribution in [1.29, 1.82) is 0 Å². The van der Waals surface area contributed by atoms with E-state index in [2.05, 4.69) is 0 Å². The van der Waals surface area contributed by atoms with Crippen molar-refractivity contribution in [2.24, 2.45) is 0 Å². The molecule has 2 atom stereocenters. The number of hydrogen-bond donors (Lipinski definition) is 1. The van der Waals surface area contributed by atoms with E-state index in [1.165, 1.54) is 0 Å². The molecule has 0 saturated heterocycles. The van der Waals surface area contributed by atoms with Gasteiger partial charge in [-0.1, -0.05) is 30.3 Å². The quantitative estimate of drug-likeness (QED) is 0.784. The average molecular weight is 396 g/mol. The summed E-state index contributed by atoms with van der Waals surface area (Å²) in [6.07, 6.45) is 14.8. The minimum absolute atomic E-state index is 0. The van der Waals surface area contributed by atoms with Crippen LogP contribution in [0.25, 0.3) is 0 Å². The Kier molecular flexibility index (Phi) is 9.95. The zero-order valence-electron chi connectivity index (χ0n) is 14.7. The van der Waals surface area contributed by atoms with Gasteiger partial charge >= 0.3 is 17.1 Å². The molecule has 0 unspecified atom stereocenters. The number of hydrogen-bond acceptors (Lipinski definition) is 2. The minimum Gasteiger partial charge on any atom is -0.388 e. The summed E-state index contributed by atoms with van der Waals surface area (Å²) in [6.45, 7) is 5.82. The van der Waals surface area contributed by atoms with Crippen LogP contribution in [0, 0.1) is 62.5 Å². The van der Waals surface area contributed by atoms with E-state index in [1.807, 2.05) is 102 Å². The Morgan fingerprint density at radius 1 is 0.880 bits per heavy atom. The van der Waals surface area contributed by atoms with Gasteiger partial charge in [0.25, 0.3) is 0 Å². The van der Waals surface area contributed by atoms with Gasteiger partial charge in [-0.2, -0.15) is 0 Å². The smallest absolute Gasteiger partial charge is 0.388 e. The van der Waals surface area contributed by atoms with Crippen LogP contribution in [0.5, 0.6) is 0 Å². The SMILES string of the molecule is CC(C)(C)[S@@](=O)[C]1[CH][CH][CH][C]1[C@@H](O)c1ccccc1.[CH]1[CH][CH][CH][CH]1.[Fe+2]. The molecule has 25 heavy (non-hydrogen) atoms. The standard InChI is InChI=1S/C16H19O2S.C5H5.Fe/c1-16(2,3)19(18)14-11-7-10-13(14)15(17)12-8-5-4-6-9-12;1-2-4-5-3-1;/h4-11,15,17H,1-3H3;1-5H;/q;;+2/t15-,19-;;/m0../s1. The molecule has 4 heteroatoms. The van der Waals surface area contributed by atoms with Gasteiger partial charge in [0.2, 0.25) is 0 Å². The van der Waals surface area contributed by atoms with Gasteiger partial charge in [-0.15, -0.1) is 0 Å². The van der Waals surface area contributed by atoms with Crippen molar-refractivity contribution in [2.45, 2.75) is 31.6 Å². The fourth-order valence-corrected chi connectivity index (χ4v) is 3.53. The molecule has 2 aliphatic carbocycles. The Hall–Kier alpha value is -0.151. The third-order valence-corrected chi connectivity index (χ3v) is 5.41. The third-order valence-electron chi connectivity index (χ3n) is 3.53. The zero-order valence-corrected chi connectivity index (χ0v) is 16.6. The molecule has 2 fully saturated rings. The van der Waals surface area contributed by atoms with E-state index in [0.29, 0.717) is 0 Å². The molecule has 2 nitrogen and oxygen atoms in total. The third kappa shape index (κ3) is 6.82. The zero-order chi connectivity index (χ0) is 17.6. The molecule has 0 heterocycles. The van der Waals surface area contributed by atoms with Gasteiger partial charge in [0.15, 0.2) is 0 Å². The van der Waals surface area contributed by atoms with E-state index < -0.39 is 16.9 Å². The Balaban J connectivity index is 0.000000448. The fourth-order valence-electron chi connectivity index (χ4n) is 2.28. The molecule has 0 bridgehead atoms. The fraction of sp³-hybridized carbons (Fsp3) is 0.238. The van der Waals surface area contributed by atoms with E-state index >= 15 is 0 Å². The van der Waals surface area contributed by atoms with E-state index in [4.69, 9.17) is 0 Å². The first-order valence-corrected chi connectivity index (χ1v) is 9.13. The number of aliphatic hydroxyl groups excluding tert-OH is 1. The van der Waals surface area contributed by atoms with Crippen LogP contribution in [0.4, 0.5) is 0 Å². The predicted octanol–water partition coefficient (Wildman–Crippen LogP) is 4.02. The van der Waals surface area contributed by atoms with Gasteiger partial charge in [0, 0.05) is 21.5 Å². The second-order valence-corrected chi connectivity index (χ2v) is 8.70. The first kappa shape index (κ1) is 22.9. The summed E-state index contributed by atoms with van der Waals surface area (Å²) in [5.41, 5.74) is 0.820. The van der Waals surface area contributed by atoms with Gasteiger partial charge in [-0.3, -0.25) is 4.21 Å². The van der Waals surface area contributed by atoms with E-state index in [9.17, 15) is 9.32 Å². The molecule has 1 aromatic rings. The maximum Gasteiger partial charge on any atom is 2.00 e. The van der Waals surface area contributed by atoms with Gasteiger partial charge in [-0.05, 0) is 77.7 Å². The Bertz CT molecular complexity index is 501. The van der Waals surface area contributed by atoms with Crippen molar-refractivity contribution in [1.82, 2.24) is 0 Å². The molecule has 132 valence electrons. The molecule has 2 aliphatic rings. The molecular weight excluding hydrogens is 372 g/mol. The van der Waals surface area contributed by atoms with Crippen molar-refractivity contribution >= 4 is 10.8 Å². The van der Waals surface area contributed by atoms with Crippen LogP contribution in [0.15, 0.2) is 30.3 Å². The monoisotopic (exact) mass is 396 g/mol. The molecule has 0 spiro atoms. The predicted molar refractivity (Wildman–Crippen MR) is 100 cm³/mol. The second kappa shape index (κ2) is 10.9. The van der Waals surface area contributed by atoms with Crippen LogP contribution in [0.3, 0.4) is 0 Å². The van der Waals surface area contributed by atoms with Crippen LogP contribution >= 0.6 is 0 Å². The van der Waals surface area contributed by atoms with Crippen molar-refractivity contribution in [3.05, 3.63) is 98.4 Å². The molecule has 0 amide bonds. The van der Waals surface area contributed by atoms with Crippen LogP contribution in [-0.2, 0) is 27.9 Å². The summed E-state index contributed by atoms with van der Waals surface area (Å²) in [7, 11) is -1.14. The maximum atomic E-state index is 12.5. The number of benzene rings is 1. The van der Waals surface area contributed by atoms with Crippen LogP contribution in [0.2, 0.25) is 0 Å². The van der Waals surface area contributed by atoms with E-state index in [0.717, 1.165) is 16.7 Å². The molecule has 2 saturated carbocycles. The average Bonchev–Trinajstić information content (AvgIpc) is 3.27. The van der Waals surface area contributed by atoms with E-state index in [1.54, 1.807) is 0 Å². The first-order chi connectivity index (χ1) is 11.4.